The topological polar surface area (TPSA) is 58.4 Å². The number of aromatic nitrogens is 3. The second kappa shape index (κ2) is 11.1. The van der Waals surface area contributed by atoms with Gasteiger partial charge in [-0.25, -0.2) is 4.68 Å². The zero-order valence-corrected chi connectivity index (χ0v) is 20.1. The van der Waals surface area contributed by atoms with Gasteiger partial charge in [0.1, 0.15) is 18.1 Å². The second-order valence-electron chi connectivity index (χ2n) is 8.94. The maximum Gasteiger partial charge on any atom is 0.336 e. The normalized spacial score (nSPS) is 14.0. The van der Waals surface area contributed by atoms with E-state index in [9.17, 15) is 0 Å². The Morgan fingerprint density at radius 2 is 1.51 bits per heavy atom. The molecule has 1 fully saturated rings. The first-order valence-electron chi connectivity index (χ1n) is 12.3. The summed E-state index contributed by atoms with van der Waals surface area (Å²) in [5.41, 5.74) is 2.97. The molecule has 0 spiro atoms. The Bertz CT molecular complexity index is 1200. The highest BCUT2D eigenvalue weighted by molar-refractivity contribution is 5.59. The Morgan fingerprint density at radius 1 is 0.800 bits per heavy atom. The summed E-state index contributed by atoms with van der Waals surface area (Å²) in [4.78, 5) is 4.76. The first kappa shape index (κ1) is 23.0. The number of methoxy groups -OCH3 is 1. The van der Waals surface area contributed by atoms with Crippen molar-refractivity contribution in [3.05, 3.63) is 84.4 Å². The van der Waals surface area contributed by atoms with Crippen molar-refractivity contribution in [3.63, 3.8) is 0 Å². The van der Waals surface area contributed by atoms with Crippen LogP contribution >= 0.6 is 0 Å². The number of benzene rings is 3. The summed E-state index contributed by atoms with van der Waals surface area (Å²) >= 11 is 0. The molecule has 0 saturated heterocycles. The summed E-state index contributed by atoms with van der Waals surface area (Å²) in [5.74, 6) is 2.91. The molecule has 4 aromatic rings. The predicted molar refractivity (Wildman–Crippen MR) is 136 cm³/mol. The summed E-state index contributed by atoms with van der Waals surface area (Å²) < 4.78 is 19.2. The molecule has 6 heteroatoms. The van der Waals surface area contributed by atoms with Crippen LogP contribution in [-0.4, -0.2) is 28.5 Å². The minimum absolute atomic E-state index is 0.408. The fourth-order valence-electron chi connectivity index (χ4n) is 4.43. The quantitative estimate of drug-likeness (QED) is 0.281. The van der Waals surface area contributed by atoms with Gasteiger partial charge in [-0.1, -0.05) is 49.6 Å². The van der Waals surface area contributed by atoms with Crippen LogP contribution in [0, 0.1) is 5.92 Å². The van der Waals surface area contributed by atoms with E-state index in [-0.39, 0.29) is 0 Å². The summed E-state index contributed by atoms with van der Waals surface area (Å²) in [5, 5.41) is 4.71. The van der Waals surface area contributed by atoms with Crippen molar-refractivity contribution in [2.45, 2.75) is 38.7 Å². The van der Waals surface area contributed by atoms with Gasteiger partial charge in [0.15, 0.2) is 5.82 Å². The molecular formula is C29H31N3O3. The molecule has 0 atom stereocenters. The lowest BCUT2D eigenvalue weighted by molar-refractivity contribution is 0.196. The maximum absolute atomic E-state index is 6.07. The van der Waals surface area contributed by atoms with Crippen molar-refractivity contribution in [1.82, 2.24) is 14.8 Å². The molecule has 0 amide bonds. The lowest BCUT2D eigenvalue weighted by Gasteiger charge is -2.20. The van der Waals surface area contributed by atoms with E-state index in [1.54, 1.807) is 7.11 Å². The number of rotatable bonds is 9. The first-order valence-corrected chi connectivity index (χ1v) is 12.3. The van der Waals surface area contributed by atoms with E-state index in [4.69, 9.17) is 24.3 Å². The van der Waals surface area contributed by atoms with Gasteiger partial charge in [-0.15, -0.1) is 5.10 Å². The molecular weight excluding hydrogens is 438 g/mol. The highest BCUT2D eigenvalue weighted by Gasteiger charge is 2.18. The lowest BCUT2D eigenvalue weighted by atomic mass is 9.90. The molecule has 1 heterocycles. The van der Waals surface area contributed by atoms with Crippen molar-refractivity contribution >= 4 is 0 Å². The first-order chi connectivity index (χ1) is 17.3. The molecule has 0 N–H and O–H groups in total. The van der Waals surface area contributed by atoms with Crippen molar-refractivity contribution in [1.29, 1.82) is 0 Å². The molecule has 6 nitrogen and oxygen atoms in total. The van der Waals surface area contributed by atoms with Crippen LogP contribution in [0.1, 0.15) is 37.7 Å². The molecule has 1 saturated carbocycles. The van der Waals surface area contributed by atoms with E-state index in [1.165, 1.54) is 32.1 Å². The summed E-state index contributed by atoms with van der Waals surface area (Å²) in [7, 11) is 1.66. The fourth-order valence-corrected chi connectivity index (χ4v) is 4.43. The van der Waals surface area contributed by atoms with Crippen LogP contribution in [0.4, 0.5) is 0 Å². The van der Waals surface area contributed by atoms with E-state index in [0.717, 1.165) is 34.1 Å². The fraction of sp³-hybridized carbons (Fsp3) is 0.310. The van der Waals surface area contributed by atoms with Gasteiger partial charge < -0.3 is 14.2 Å². The van der Waals surface area contributed by atoms with Gasteiger partial charge in [-0.05, 0) is 72.9 Å². The molecule has 180 valence electrons. The van der Waals surface area contributed by atoms with E-state index < -0.39 is 0 Å². The van der Waals surface area contributed by atoms with Gasteiger partial charge in [-0.2, -0.15) is 4.98 Å². The molecule has 3 aromatic carbocycles. The molecule has 0 bridgehead atoms. The third kappa shape index (κ3) is 5.83. The van der Waals surface area contributed by atoms with E-state index in [0.29, 0.717) is 25.1 Å². The highest BCUT2D eigenvalue weighted by Crippen LogP contribution is 2.28. The Hall–Kier alpha value is -3.80. The standard InChI is InChI=1S/C29H31N3O3/c1-33-26-18-14-25(15-19-26)32-28(30-29(31-32)35-21-23-10-6-3-7-11-23)24-12-16-27(17-13-24)34-20-22-8-4-2-5-9-22/h2,4-5,8-9,12-19,23H,3,6-7,10-11,20-21H2,1H3. The molecule has 0 aliphatic heterocycles. The van der Waals surface area contributed by atoms with Gasteiger partial charge in [0.2, 0.25) is 0 Å². The number of hydrogen-bond donors (Lipinski definition) is 0. The second-order valence-corrected chi connectivity index (χ2v) is 8.94. The summed E-state index contributed by atoms with van der Waals surface area (Å²) in [6.45, 7) is 1.19. The smallest absolute Gasteiger partial charge is 0.336 e. The molecule has 1 aliphatic carbocycles. The highest BCUT2D eigenvalue weighted by atomic mass is 16.5. The van der Waals surface area contributed by atoms with Gasteiger partial charge in [0, 0.05) is 5.56 Å². The van der Waals surface area contributed by atoms with Crippen LogP contribution in [0.25, 0.3) is 17.1 Å². The van der Waals surface area contributed by atoms with Gasteiger partial charge in [0.05, 0.1) is 19.4 Å². The molecule has 35 heavy (non-hydrogen) atoms. The zero-order valence-electron chi connectivity index (χ0n) is 20.1. The van der Waals surface area contributed by atoms with E-state index in [1.807, 2.05) is 71.4 Å². The minimum atomic E-state index is 0.408. The summed E-state index contributed by atoms with van der Waals surface area (Å²) in [6, 6.07) is 26.3. The Labute approximate surface area is 206 Å². The zero-order chi connectivity index (χ0) is 23.9. The number of hydrogen-bond acceptors (Lipinski definition) is 5. The van der Waals surface area contributed by atoms with Gasteiger partial charge in [-0.3, -0.25) is 0 Å². The van der Waals surface area contributed by atoms with Crippen LogP contribution < -0.4 is 14.2 Å². The summed E-state index contributed by atoms with van der Waals surface area (Å²) in [6.07, 6.45) is 6.33. The molecule has 0 radical (unpaired) electrons. The van der Waals surface area contributed by atoms with Crippen LogP contribution in [0.3, 0.4) is 0 Å². The Morgan fingerprint density at radius 3 is 2.23 bits per heavy atom. The van der Waals surface area contributed by atoms with E-state index in [2.05, 4.69) is 12.1 Å². The predicted octanol–water partition coefficient (Wildman–Crippen LogP) is 6.48. The Kier molecular flexibility index (Phi) is 7.27. The van der Waals surface area contributed by atoms with Crippen molar-refractivity contribution in [2.75, 3.05) is 13.7 Å². The molecule has 1 aliphatic rings. The monoisotopic (exact) mass is 469 g/mol. The van der Waals surface area contributed by atoms with Crippen molar-refractivity contribution < 1.29 is 14.2 Å². The SMILES string of the molecule is COc1ccc(-n2nc(OCC3CCCCC3)nc2-c2ccc(OCc3ccccc3)cc2)cc1. The van der Waals surface area contributed by atoms with E-state index >= 15 is 0 Å². The lowest BCUT2D eigenvalue weighted by Crippen LogP contribution is -2.15. The number of nitrogens with zero attached hydrogens (tertiary/aromatic N) is 3. The van der Waals surface area contributed by atoms with Crippen molar-refractivity contribution in [3.8, 4) is 34.6 Å². The average molecular weight is 470 g/mol. The third-order valence-corrected chi connectivity index (χ3v) is 6.44. The van der Waals surface area contributed by atoms with Crippen molar-refractivity contribution in [2.24, 2.45) is 5.92 Å². The molecule has 5 rings (SSSR count). The van der Waals surface area contributed by atoms with Crippen LogP contribution in [0.2, 0.25) is 0 Å². The van der Waals surface area contributed by atoms with Gasteiger partial charge >= 0.3 is 6.01 Å². The van der Waals surface area contributed by atoms with Crippen LogP contribution in [0.5, 0.6) is 17.5 Å². The molecule has 1 aromatic heterocycles. The molecule has 0 unspecified atom stereocenters. The van der Waals surface area contributed by atoms with Crippen LogP contribution in [-0.2, 0) is 6.61 Å². The number of ether oxygens (including phenoxy) is 3. The maximum atomic E-state index is 6.07. The minimum Gasteiger partial charge on any atom is -0.497 e. The largest absolute Gasteiger partial charge is 0.497 e. The third-order valence-electron chi connectivity index (χ3n) is 6.44. The Balaban J connectivity index is 1.36. The van der Waals surface area contributed by atoms with Gasteiger partial charge in [0.25, 0.3) is 0 Å². The average Bonchev–Trinajstić information content (AvgIpc) is 3.36. The van der Waals surface area contributed by atoms with Crippen LogP contribution in [0.15, 0.2) is 78.9 Å².